The van der Waals surface area contributed by atoms with Gasteiger partial charge in [-0.05, 0) is 53.4 Å². The second-order valence-electron chi connectivity index (χ2n) is 4.40. The molecule has 1 aromatic rings. The van der Waals surface area contributed by atoms with Crippen molar-refractivity contribution in [2.24, 2.45) is 0 Å². The first-order valence-corrected chi connectivity index (χ1v) is 6.84. The molecule has 1 aliphatic carbocycles. The molecule has 0 heterocycles. The minimum atomic E-state index is -0.311. The van der Waals surface area contributed by atoms with Gasteiger partial charge in [0.05, 0.1) is 4.47 Å². The highest BCUT2D eigenvalue weighted by Crippen LogP contribution is 2.35. The molecule has 94 valence electrons. The second-order valence-corrected chi connectivity index (χ2v) is 5.26. The van der Waals surface area contributed by atoms with E-state index in [0.29, 0.717) is 17.5 Å². The predicted octanol–water partition coefficient (Wildman–Crippen LogP) is 4.10. The van der Waals surface area contributed by atoms with Crippen molar-refractivity contribution in [2.45, 2.75) is 38.6 Å². The van der Waals surface area contributed by atoms with Crippen molar-refractivity contribution in [1.29, 1.82) is 0 Å². The first kappa shape index (κ1) is 13.0. The normalized spacial score (nSPS) is 19.9. The van der Waals surface area contributed by atoms with E-state index < -0.39 is 0 Å². The topological polar surface area (TPSA) is 12.0 Å². The molecule has 0 radical (unpaired) electrons. The van der Waals surface area contributed by atoms with Gasteiger partial charge in [0.25, 0.3) is 0 Å². The average Bonchev–Trinajstić information content (AvgIpc) is 2.50. The lowest BCUT2D eigenvalue weighted by Crippen LogP contribution is -2.22. The highest BCUT2D eigenvalue weighted by Gasteiger charge is 2.25. The molecule has 0 fully saturated rings. The monoisotopic (exact) mass is 303 g/mol. The van der Waals surface area contributed by atoms with Crippen LogP contribution in [0.15, 0.2) is 10.5 Å². The minimum Gasteiger partial charge on any atom is -0.310 e. The van der Waals surface area contributed by atoms with E-state index in [1.807, 2.05) is 6.92 Å². The molecule has 0 amide bonds. The summed E-state index contributed by atoms with van der Waals surface area (Å²) in [6, 6.07) is 1.17. The van der Waals surface area contributed by atoms with Gasteiger partial charge in [0.15, 0.2) is 0 Å². The summed E-state index contributed by atoms with van der Waals surface area (Å²) in [5.41, 5.74) is 1.07. The third-order valence-electron chi connectivity index (χ3n) is 3.28. The van der Waals surface area contributed by atoms with E-state index in [2.05, 4.69) is 21.2 Å². The van der Waals surface area contributed by atoms with Crippen LogP contribution >= 0.6 is 15.9 Å². The predicted molar refractivity (Wildman–Crippen MR) is 68.0 cm³/mol. The van der Waals surface area contributed by atoms with Crippen molar-refractivity contribution >= 4 is 15.9 Å². The maximum Gasteiger partial charge on any atom is 0.142 e. The van der Waals surface area contributed by atoms with Crippen LogP contribution in [0.3, 0.4) is 0 Å². The summed E-state index contributed by atoms with van der Waals surface area (Å²) in [7, 11) is 0. The number of halogens is 3. The Morgan fingerprint density at radius 2 is 2.18 bits per heavy atom. The van der Waals surface area contributed by atoms with E-state index in [-0.39, 0.29) is 22.1 Å². The summed E-state index contributed by atoms with van der Waals surface area (Å²) in [6.07, 6.45) is 3.43. The molecule has 4 heteroatoms. The van der Waals surface area contributed by atoms with E-state index in [0.717, 1.165) is 25.8 Å². The first-order valence-electron chi connectivity index (χ1n) is 6.04. The van der Waals surface area contributed by atoms with Crippen LogP contribution in [0.2, 0.25) is 0 Å². The Labute approximate surface area is 109 Å². The van der Waals surface area contributed by atoms with E-state index in [1.54, 1.807) is 0 Å². The molecule has 1 N–H and O–H groups in total. The van der Waals surface area contributed by atoms with Gasteiger partial charge in [-0.15, -0.1) is 0 Å². The molecule has 1 atom stereocenters. The lowest BCUT2D eigenvalue weighted by Gasteiger charge is -2.20. The molecule has 0 bridgehead atoms. The Kier molecular flexibility index (Phi) is 4.15. The quantitative estimate of drug-likeness (QED) is 0.640. The van der Waals surface area contributed by atoms with Gasteiger partial charge in [-0.3, -0.25) is 0 Å². The van der Waals surface area contributed by atoms with Gasteiger partial charge < -0.3 is 5.32 Å². The Bertz CT molecular complexity index is 420. The molecular formula is C13H16BrF2N. The van der Waals surface area contributed by atoms with Crippen molar-refractivity contribution in [3.63, 3.8) is 0 Å². The van der Waals surface area contributed by atoms with E-state index in [1.165, 1.54) is 6.07 Å². The van der Waals surface area contributed by atoms with Crippen LogP contribution in [0.25, 0.3) is 0 Å². The third kappa shape index (κ3) is 2.52. The van der Waals surface area contributed by atoms with Crippen LogP contribution in [-0.2, 0) is 6.42 Å². The van der Waals surface area contributed by atoms with Crippen molar-refractivity contribution in [2.75, 3.05) is 6.54 Å². The van der Waals surface area contributed by atoms with Crippen LogP contribution in [0.4, 0.5) is 8.78 Å². The van der Waals surface area contributed by atoms with Gasteiger partial charge in [-0.1, -0.05) is 13.3 Å². The van der Waals surface area contributed by atoms with Gasteiger partial charge >= 0.3 is 0 Å². The van der Waals surface area contributed by atoms with Crippen LogP contribution in [0.5, 0.6) is 0 Å². The molecule has 1 unspecified atom stereocenters. The summed E-state index contributed by atoms with van der Waals surface area (Å²) >= 11 is 3.09. The largest absolute Gasteiger partial charge is 0.310 e. The summed E-state index contributed by atoms with van der Waals surface area (Å²) < 4.78 is 28.3. The van der Waals surface area contributed by atoms with Crippen molar-refractivity contribution in [3.8, 4) is 0 Å². The molecule has 1 aliphatic rings. The SMILES string of the molecule is CCNC1CCCCc2c(F)cc(Br)c(F)c21. The fourth-order valence-electron chi connectivity index (χ4n) is 2.51. The standard InChI is InChI=1S/C13H16BrF2N/c1-2-17-11-6-4-3-5-8-10(15)7-9(14)13(16)12(8)11/h7,11,17H,2-6H2,1H3. The Balaban J connectivity index is 2.54. The third-order valence-corrected chi connectivity index (χ3v) is 3.86. The number of fused-ring (bicyclic) bond motifs is 1. The van der Waals surface area contributed by atoms with Gasteiger partial charge in [0, 0.05) is 11.6 Å². The summed E-state index contributed by atoms with van der Waals surface area (Å²) in [6.45, 7) is 2.74. The first-order chi connectivity index (χ1) is 8.15. The van der Waals surface area contributed by atoms with E-state index >= 15 is 0 Å². The second kappa shape index (κ2) is 5.44. The van der Waals surface area contributed by atoms with Crippen LogP contribution in [0.1, 0.15) is 43.4 Å². The highest BCUT2D eigenvalue weighted by molar-refractivity contribution is 9.10. The fourth-order valence-corrected chi connectivity index (χ4v) is 2.93. The fraction of sp³-hybridized carbons (Fsp3) is 0.538. The van der Waals surface area contributed by atoms with Gasteiger partial charge in [-0.2, -0.15) is 0 Å². The zero-order chi connectivity index (χ0) is 12.4. The Hall–Kier alpha value is -0.480. The van der Waals surface area contributed by atoms with Crippen molar-refractivity contribution in [3.05, 3.63) is 33.3 Å². The molecule has 0 saturated heterocycles. The maximum atomic E-state index is 14.2. The molecule has 1 aromatic carbocycles. The number of rotatable bonds is 2. The average molecular weight is 304 g/mol. The number of nitrogens with one attached hydrogen (secondary N) is 1. The van der Waals surface area contributed by atoms with Gasteiger partial charge in [0.1, 0.15) is 11.6 Å². The molecule has 1 nitrogen and oxygen atoms in total. The van der Waals surface area contributed by atoms with Crippen LogP contribution in [0, 0.1) is 11.6 Å². The molecule has 0 aromatic heterocycles. The summed E-state index contributed by atoms with van der Waals surface area (Å²) in [4.78, 5) is 0. The molecule has 0 aliphatic heterocycles. The summed E-state index contributed by atoms with van der Waals surface area (Å²) in [5.74, 6) is -0.604. The summed E-state index contributed by atoms with van der Waals surface area (Å²) in [5, 5.41) is 3.25. The molecular weight excluding hydrogens is 288 g/mol. The number of hydrogen-bond acceptors (Lipinski definition) is 1. The lowest BCUT2D eigenvalue weighted by atomic mass is 9.98. The van der Waals surface area contributed by atoms with Gasteiger partial charge in [0.2, 0.25) is 0 Å². The molecule has 17 heavy (non-hydrogen) atoms. The minimum absolute atomic E-state index is 0.0653. The smallest absolute Gasteiger partial charge is 0.142 e. The highest BCUT2D eigenvalue weighted by atomic mass is 79.9. The molecule has 0 saturated carbocycles. The lowest BCUT2D eigenvalue weighted by molar-refractivity contribution is 0.474. The van der Waals surface area contributed by atoms with Gasteiger partial charge in [-0.25, -0.2) is 8.78 Å². The van der Waals surface area contributed by atoms with E-state index in [9.17, 15) is 8.78 Å². The van der Waals surface area contributed by atoms with E-state index in [4.69, 9.17) is 0 Å². The molecule has 2 rings (SSSR count). The van der Waals surface area contributed by atoms with Crippen LogP contribution in [-0.4, -0.2) is 6.54 Å². The van der Waals surface area contributed by atoms with Crippen molar-refractivity contribution in [1.82, 2.24) is 5.32 Å². The maximum absolute atomic E-state index is 14.2. The molecule has 0 spiro atoms. The number of benzene rings is 1. The number of hydrogen-bond donors (Lipinski definition) is 1. The van der Waals surface area contributed by atoms with Crippen molar-refractivity contribution < 1.29 is 8.78 Å². The van der Waals surface area contributed by atoms with Crippen LogP contribution < -0.4 is 5.32 Å². The Morgan fingerprint density at radius 3 is 2.88 bits per heavy atom. The zero-order valence-electron chi connectivity index (χ0n) is 9.82. The Morgan fingerprint density at radius 1 is 1.41 bits per heavy atom. The zero-order valence-corrected chi connectivity index (χ0v) is 11.4.